The first-order valence-electron chi connectivity index (χ1n) is 7.47. The average Bonchev–Trinajstić information content (AvgIpc) is 3.37. The third-order valence-corrected chi connectivity index (χ3v) is 4.79. The van der Waals surface area contributed by atoms with E-state index < -0.39 is 0 Å². The monoisotopic (exact) mass is 299 g/mol. The molecule has 3 heteroatoms. The number of benzene rings is 2. The smallest absolute Gasteiger partial charge is 0.0681 e. The Hall–Kier alpha value is -1.29. The second-order valence-corrected chi connectivity index (χ2v) is 6.61. The molecule has 0 atom stereocenters. The van der Waals surface area contributed by atoms with Crippen LogP contribution in [0.4, 0.5) is 0 Å². The zero-order chi connectivity index (χ0) is 14.5. The fourth-order valence-corrected chi connectivity index (χ4v) is 3.02. The van der Waals surface area contributed by atoms with E-state index in [2.05, 4.69) is 41.7 Å². The lowest BCUT2D eigenvalue weighted by Gasteiger charge is -2.06. The Morgan fingerprint density at radius 2 is 1.52 bits per heavy atom. The van der Waals surface area contributed by atoms with Gasteiger partial charge in [-0.25, -0.2) is 0 Å². The predicted octanol–water partition coefficient (Wildman–Crippen LogP) is 3.72. The van der Waals surface area contributed by atoms with Crippen molar-refractivity contribution in [1.82, 2.24) is 5.32 Å². The highest BCUT2D eigenvalue weighted by Gasteiger charge is 2.19. The lowest BCUT2D eigenvalue weighted by molar-refractivity contribution is 0.282. The van der Waals surface area contributed by atoms with Crippen LogP contribution in [0.5, 0.6) is 0 Å². The molecular weight excluding hydrogens is 278 g/mol. The van der Waals surface area contributed by atoms with Gasteiger partial charge in [0.1, 0.15) is 0 Å². The number of thioether (sulfide) groups is 1. The van der Waals surface area contributed by atoms with Gasteiger partial charge >= 0.3 is 0 Å². The molecule has 0 saturated heterocycles. The summed E-state index contributed by atoms with van der Waals surface area (Å²) in [5.41, 5.74) is 3.62. The molecule has 0 aromatic heterocycles. The minimum absolute atomic E-state index is 0.115. The molecule has 0 amide bonds. The molecule has 1 aliphatic rings. The maximum absolute atomic E-state index is 9.03. The Bertz CT molecular complexity index is 561. The van der Waals surface area contributed by atoms with Gasteiger partial charge in [-0.3, -0.25) is 0 Å². The van der Waals surface area contributed by atoms with Crippen LogP contribution in [0.25, 0.3) is 0 Å². The molecule has 2 N–H and O–H groups in total. The van der Waals surface area contributed by atoms with Gasteiger partial charge in [-0.2, -0.15) is 0 Å². The lowest BCUT2D eigenvalue weighted by Crippen LogP contribution is -2.14. The quantitative estimate of drug-likeness (QED) is 0.764. The first-order valence-corrected chi connectivity index (χ1v) is 8.46. The molecule has 2 nitrogen and oxygen atoms in total. The third kappa shape index (κ3) is 4.60. The van der Waals surface area contributed by atoms with Crippen molar-refractivity contribution in [3.63, 3.8) is 0 Å². The standard InChI is InChI=1S/C18H21NOS/c20-12-15-1-3-16(4-2-15)13-21-18-9-5-14(6-10-18)11-19-17-7-8-17/h1-6,9-10,17,19-20H,7-8,11-13H2. The van der Waals surface area contributed by atoms with Gasteiger partial charge in [0.15, 0.2) is 0 Å². The summed E-state index contributed by atoms with van der Waals surface area (Å²) in [4.78, 5) is 1.30. The molecule has 110 valence electrons. The number of rotatable bonds is 7. The normalized spacial score (nSPS) is 14.3. The topological polar surface area (TPSA) is 32.3 Å². The Labute approximate surface area is 130 Å². The molecule has 1 aliphatic carbocycles. The van der Waals surface area contributed by atoms with Gasteiger partial charge in [-0.1, -0.05) is 36.4 Å². The van der Waals surface area contributed by atoms with Crippen LogP contribution < -0.4 is 5.32 Å². The minimum atomic E-state index is 0.115. The summed E-state index contributed by atoms with van der Waals surface area (Å²) >= 11 is 1.85. The van der Waals surface area contributed by atoms with Gasteiger partial charge in [0.25, 0.3) is 0 Å². The number of aliphatic hydroxyl groups is 1. The van der Waals surface area contributed by atoms with Crippen LogP contribution >= 0.6 is 11.8 Å². The molecule has 0 aliphatic heterocycles. The van der Waals surface area contributed by atoms with E-state index in [1.54, 1.807) is 0 Å². The summed E-state index contributed by atoms with van der Waals surface area (Å²) in [7, 11) is 0. The van der Waals surface area contributed by atoms with E-state index in [1.807, 2.05) is 23.9 Å². The second-order valence-electron chi connectivity index (χ2n) is 5.56. The number of hydrogen-bond acceptors (Lipinski definition) is 3. The summed E-state index contributed by atoms with van der Waals surface area (Å²) in [6.45, 7) is 1.10. The molecule has 2 aromatic rings. The highest BCUT2D eigenvalue weighted by Crippen LogP contribution is 2.24. The largest absolute Gasteiger partial charge is 0.392 e. The first kappa shape index (κ1) is 14.6. The first-order chi connectivity index (χ1) is 10.3. The minimum Gasteiger partial charge on any atom is -0.392 e. The van der Waals surface area contributed by atoms with Crippen LogP contribution in [-0.2, 0) is 18.9 Å². The molecule has 1 fully saturated rings. The van der Waals surface area contributed by atoms with Crippen molar-refractivity contribution in [1.29, 1.82) is 0 Å². The number of nitrogens with one attached hydrogen (secondary N) is 1. The van der Waals surface area contributed by atoms with Gasteiger partial charge in [0.2, 0.25) is 0 Å². The van der Waals surface area contributed by atoms with E-state index in [4.69, 9.17) is 5.11 Å². The third-order valence-electron chi connectivity index (χ3n) is 3.71. The zero-order valence-corrected chi connectivity index (χ0v) is 12.9. The second kappa shape index (κ2) is 7.12. The summed E-state index contributed by atoms with van der Waals surface area (Å²) in [5, 5.41) is 12.6. The molecule has 0 spiro atoms. The molecular formula is C18H21NOS. The number of hydrogen-bond donors (Lipinski definition) is 2. The van der Waals surface area contributed by atoms with E-state index in [9.17, 15) is 0 Å². The fraction of sp³-hybridized carbons (Fsp3) is 0.333. The summed E-state index contributed by atoms with van der Waals surface area (Å²) in [5.74, 6) is 0.964. The van der Waals surface area contributed by atoms with E-state index in [0.717, 1.165) is 23.9 Å². The molecule has 3 rings (SSSR count). The number of aliphatic hydroxyl groups excluding tert-OH is 1. The van der Waals surface area contributed by atoms with E-state index >= 15 is 0 Å². The van der Waals surface area contributed by atoms with Gasteiger partial charge in [0, 0.05) is 23.2 Å². The molecule has 0 heterocycles. The van der Waals surface area contributed by atoms with Crippen molar-refractivity contribution >= 4 is 11.8 Å². The Morgan fingerprint density at radius 3 is 2.14 bits per heavy atom. The molecule has 2 aromatic carbocycles. The van der Waals surface area contributed by atoms with Crippen molar-refractivity contribution < 1.29 is 5.11 Å². The molecule has 0 unspecified atom stereocenters. The summed E-state index contributed by atoms with van der Waals surface area (Å²) < 4.78 is 0. The van der Waals surface area contributed by atoms with Crippen LogP contribution in [-0.4, -0.2) is 11.1 Å². The summed E-state index contributed by atoms with van der Waals surface area (Å²) in [6, 6.07) is 17.8. The van der Waals surface area contributed by atoms with Crippen molar-refractivity contribution in [2.24, 2.45) is 0 Å². The van der Waals surface area contributed by atoms with Crippen molar-refractivity contribution in [3.05, 3.63) is 65.2 Å². The van der Waals surface area contributed by atoms with Crippen molar-refractivity contribution in [2.45, 2.75) is 42.7 Å². The van der Waals surface area contributed by atoms with Crippen molar-refractivity contribution in [3.8, 4) is 0 Å². The Morgan fingerprint density at radius 1 is 0.905 bits per heavy atom. The highest BCUT2D eigenvalue weighted by molar-refractivity contribution is 7.98. The molecule has 1 saturated carbocycles. The SMILES string of the molecule is OCc1ccc(CSc2ccc(CNC3CC3)cc2)cc1. The van der Waals surface area contributed by atoms with Gasteiger partial charge < -0.3 is 10.4 Å². The van der Waals surface area contributed by atoms with Gasteiger partial charge in [0.05, 0.1) is 6.61 Å². The van der Waals surface area contributed by atoms with E-state index in [0.29, 0.717) is 0 Å². The van der Waals surface area contributed by atoms with Crippen LogP contribution in [0.1, 0.15) is 29.5 Å². The maximum atomic E-state index is 9.03. The van der Waals surface area contributed by atoms with E-state index in [-0.39, 0.29) is 6.61 Å². The fourth-order valence-electron chi connectivity index (χ4n) is 2.16. The van der Waals surface area contributed by atoms with Crippen LogP contribution in [0, 0.1) is 0 Å². The molecule has 0 radical (unpaired) electrons. The lowest BCUT2D eigenvalue weighted by atomic mass is 10.2. The average molecular weight is 299 g/mol. The highest BCUT2D eigenvalue weighted by atomic mass is 32.2. The zero-order valence-electron chi connectivity index (χ0n) is 12.1. The molecule has 0 bridgehead atoms. The van der Waals surface area contributed by atoms with Gasteiger partial charge in [-0.15, -0.1) is 11.8 Å². The van der Waals surface area contributed by atoms with Crippen LogP contribution in [0.15, 0.2) is 53.4 Å². The Kier molecular flexibility index (Phi) is 4.96. The maximum Gasteiger partial charge on any atom is 0.0681 e. The van der Waals surface area contributed by atoms with Crippen LogP contribution in [0.3, 0.4) is 0 Å². The predicted molar refractivity (Wildman–Crippen MR) is 88.2 cm³/mol. The summed E-state index contributed by atoms with van der Waals surface area (Å²) in [6.07, 6.45) is 2.67. The molecule has 21 heavy (non-hydrogen) atoms. The Balaban J connectivity index is 1.49. The van der Waals surface area contributed by atoms with Gasteiger partial charge in [-0.05, 0) is 41.7 Å². The van der Waals surface area contributed by atoms with Crippen molar-refractivity contribution in [2.75, 3.05) is 0 Å². The van der Waals surface area contributed by atoms with E-state index in [1.165, 1.54) is 28.9 Å². The van der Waals surface area contributed by atoms with Crippen LogP contribution in [0.2, 0.25) is 0 Å².